The fraction of sp³-hybridized carbons (Fsp3) is 0.222. The van der Waals surface area contributed by atoms with E-state index in [1.54, 1.807) is 12.1 Å². The molecule has 0 amide bonds. The minimum absolute atomic E-state index is 0.460. The summed E-state index contributed by atoms with van der Waals surface area (Å²) in [5.74, 6) is -0.618. The molecule has 1 rings (SSSR count). The zero-order valence-corrected chi connectivity index (χ0v) is 6.42. The Morgan fingerprint density at radius 3 is 2.27 bits per heavy atom. The lowest BCUT2D eigenvalue weighted by molar-refractivity contribution is -0.214. The molecule has 0 heterocycles. The molecule has 1 aromatic carbocycles. The van der Waals surface area contributed by atoms with Crippen LogP contribution in [0.15, 0.2) is 24.3 Å². The third-order valence-corrected chi connectivity index (χ3v) is 1.62. The van der Waals surface area contributed by atoms with Crippen molar-refractivity contribution in [2.75, 3.05) is 0 Å². The van der Waals surface area contributed by atoms with Crippen LogP contribution in [0.2, 0.25) is 0 Å². The lowest BCUT2D eigenvalue weighted by Crippen LogP contribution is -2.16. The Morgan fingerprint density at radius 2 is 1.91 bits per heavy atom. The molecule has 0 saturated heterocycles. The smallest absolute Gasteiger partial charge is 0.0149 e. The molecule has 0 aliphatic heterocycles. The second-order valence-corrected chi connectivity index (χ2v) is 2.38. The molecule has 2 nitrogen and oxygen atoms in total. The summed E-state index contributed by atoms with van der Waals surface area (Å²) in [6, 6.07) is 7.13. The summed E-state index contributed by atoms with van der Waals surface area (Å²) >= 11 is 0. The molecule has 2 heteroatoms. The molecule has 0 spiro atoms. The Balaban J connectivity index is 2.91. The van der Waals surface area contributed by atoms with Crippen molar-refractivity contribution in [1.82, 2.24) is 0 Å². The summed E-state index contributed by atoms with van der Waals surface area (Å²) < 4.78 is 0. The quantitative estimate of drug-likeness (QED) is 0.492. The van der Waals surface area contributed by atoms with E-state index < -0.39 is 5.90 Å². The molecule has 0 fully saturated rings. The van der Waals surface area contributed by atoms with E-state index in [0.29, 0.717) is 5.56 Å². The van der Waals surface area contributed by atoms with Gasteiger partial charge in [-0.1, -0.05) is 31.2 Å². The van der Waals surface area contributed by atoms with Gasteiger partial charge in [-0.3, -0.25) is 0 Å². The fourth-order valence-electron chi connectivity index (χ4n) is 0.892. The molecule has 0 saturated carbocycles. The van der Waals surface area contributed by atoms with E-state index in [2.05, 4.69) is 6.92 Å². The van der Waals surface area contributed by atoms with Crippen LogP contribution in [-0.2, 0) is 6.42 Å². The van der Waals surface area contributed by atoms with Gasteiger partial charge in [0.05, 0.1) is 0 Å². The number of hydrogen-bond donors (Lipinski definition) is 1. The van der Waals surface area contributed by atoms with E-state index in [9.17, 15) is 5.11 Å². The van der Waals surface area contributed by atoms with Gasteiger partial charge in [0.2, 0.25) is 0 Å². The largest absolute Gasteiger partial charge is 0.859 e. The molecule has 58 valence electrons. The summed E-state index contributed by atoms with van der Waals surface area (Å²) in [5, 5.41) is 17.3. The van der Waals surface area contributed by atoms with Crippen molar-refractivity contribution in [3.8, 4) is 0 Å². The highest BCUT2D eigenvalue weighted by atomic mass is 16.3. The van der Waals surface area contributed by atoms with Gasteiger partial charge in [0.25, 0.3) is 0 Å². The maximum Gasteiger partial charge on any atom is -0.0149 e. The first-order valence-corrected chi connectivity index (χ1v) is 3.59. The topological polar surface area (TPSA) is 46.9 Å². The Labute approximate surface area is 66.0 Å². The molecule has 0 aromatic heterocycles. The maximum absolute atomic E-state index is 10.5. The van der Waals surface area contributed by atoms with Crippen molar-refractivity contribution in [1.29, 1.82) is 5.41 Å². The van der Waals surface area contributed by atoms with Crippen molar-refractivity contribution in [2.24, 2.45) is 0 Å². The van der Waals surface area contributed by atoms with E-state index in [1.165, 1.54) is 5.56 Å². The van der Waals surface area contributed by atoms with E-state index in [0.717, 1.165) is 6.42 Å². The van der Waals surface area contributed by atoms with E-state index in [-0.39, 0.29) is 0 Å². The van der Waals surface area contributed by atoms with Gasteiger partial charge in [-0.05, 0) is 23.4 Å². The van der Waals surface area contributed by atoms with E-state index in [4.69, 9.17) is 5.41 Å². The number of aryl methyl sites for hydroxylation is 1. The van der Waals surface area contributed by atoms with Crippen LogP contribution in [0.25, 0.3) is 0 Å². The van der Waals surface area contributed by atoms with Gasteiger partial charge in [-0.2, -0.15) is 0 Å². The van der Waals surface area contributed by atoms with Crippen LogP contribution in [0.1, 0.15) is 18.1 Å². The van der Waals surface area contributed by atoms with Gasteiger partial charge in [-0.25, -0.2) is 0 Å². The average molecular weight is 148 g/mol. The summed E-state index contributed by atoms with van der Waals surface area (Å²) in [6.45, 7) is 2.05. The molecule has 1 aromatic rings. The van der Waals surface area contributed by atoms with Crippen LogP contribution in [-0.4, -0.2) is 5.90 Å². The van der Waals surface area contributed by atoms with Gasteiger partial charge >= 0.3 is 0 Å². The summed E-state index contributed by atoms with van der Waals surface area (Å²) in [4.78, 5) is 0. The minimum Gasteiger partial charge on any atom is -0.859 e. The van der Waals surface area contributed by atoms with Gasteiger partial charge < -0.3 is 10.5 Å². The van der Waals surface area contributed by atoms with Crippen molar-refractivity contribution in [3.05, 3.63) is 35.4 Å². The first-order valence-electron chi connectivity index (χ1n) is 3.59. The Kier molecular flexibility index (Phi) is 2.26. The number of rotatable bonds is 2. The standard InChI is InChI=1S/C9H11NO/c1-2-7-3-5-8(6-4-7)9(10)11/h3-6H,2H2,1H3,(H2,10,11)/p-1. The Bertz CT molecular complexity index is 251. The third-order valence-electron chi connectivity index (χ3n) is 1.62. The minimum atomic E-state index is -0.618. The SMILES string of the molecule is CCc1ccc(C(=N)[O-])cc1. The van der Waals surface area contributed by atoms with Crippen LogP contribution in [0, 0.1) is 5.41 Å². The second-order valence-electron chi connectivity index (χ2n) is 2.38. The lowest BCUT2D eigenvalue weighted by atomic mass is 10.1. The molecule has 0 atom stereocenters. The Hall–Kier alpha value is -1.31. The monoisotopic (exact) mass is 148 g/mol. The average Bonchev–Trinajstić information content (AvgIpc) is 2.05. The number of hydrogen-bond acceptors (Lipinski definition) is 2. The van der Waals surface area contributed by atoms with E-state index >= 15 is 0 Å². The molecule has 0 aliphatic rings. The van der Waals surface area contributed by atoms with Gasteiger partial charge in [0.15, 0.2) is 0 Å². The number of benzene rings is 1. The molecule has 11 heavy (non-hydrogen) atoms. The normalized spacial score (nSPS) is 9.55. The summed E-state index contributed by atoms with van der Waals surface area (Å²) in [6.07, 6.45) is 0.965. The Morgan fingerprint density at radius 1 is 1.36 bits per heavy atom. The van der Waals surface area contributed by atoms with Gasteiger partial charge in [-0.15, -0.1) is 0 Å². The van der Waals surface area contributed by atoms with Crippen molar-refractivity contribution >= 4 is 5.90 Å². The molecule has 0 radical (unpaired) electrons. The summed E-state index contributed by atoms with van der Waals surface area (Å²) in [5.41, 5.74) is 1.65. The van der Waals surface area contributed by atoms with Crippen molar-refractivity contribution in [2.45, 2.75) is 13.3 Å². The predicted octanol–water partition coefficient (Wildman–Crippen LogP) is 0.935. The van der Waals surface area contributed by atoms with Crippen molar-refractivity contribution < 1.29 is 5.11 Å². The highest BCUT2D eigenvalue weighted by Gasteiger charge is 1.90. The van der Waals surface area contributed by atoms with Crippen LogP contribution in [0.3, 0.4) is 0 Å². The first kappa shape index (κ1) is 7.79. The van der Waals surface area contributed by atoms with Gasteiger partial charge in [0, 0.05) is 0 Å². The highest BCUT2D eigenvalue weighted by molar-refractivity contribution is 5.87. The van der Waals surface area contributed by atoms with Gasteiger partial charge in [0.1, 0.15) is 0 Å². The highest BCUT2D eigenvalue weighted by Crippen LogP contribution is 2.03. The predicted molar refractivity (Wildman–Crippen MR) is 42.6 cm³/mol. The van der Waals surface area contributed by atoms with Crippen LogP contribution in [0.4, 0.5) is 0 Å². The van der Waals surface area contributed by atoms with Crippen LogP contribution in [0.5, 0.6) is 0 Å². The van der Waals surface area contributed by atoms with Crippen LogP contribution < -0.4 is 5.11 Å². The molecule has 0 unspecified atom stereocenters. The van der Waals surface area contributed by atoms with Crippen LogP contribution >= 0.6 is 0 Å². The molecular formula is C9H10NO-. The molecule has 0 bridgehead atoms. The fourth-order valence-corrected chi connectivity index (χ4v) is 0.892. The third kappa shape index (κ3) is 1.80. The van der Waals surface area contributed by atoms with E-state index in [1.807, 2.05) is 12.1 Å². The van der Waals surface area contributed by atoms with Crippen molar-refractivity contribution in [3.63, 3.8) is 0 Å². The second kappa shape index (κ2) is 3.19. The number of nitrogens with one attached hydrogen (secondary N) is 1. The zero-order chi connectivity index (χ0) is 8.27. The zero-order valence-electron chi connectivity index (χ0n) is 6.42. The molecular weight excluding hydrogens is 138 g/mol. The maximum atomic E-state index is 10.5. The lowest BCUT2D eigenvalue weighted by Gasteiger charge is -2.06. The first-order chi connectivity index (χ1) is 5.24. The summed E-state index contributed by atoms with van der Waals surface area (Å²) in [7, 11) is 0. The molecule has 1 N–H and O–H groups in total. The molecule has 0 aliphatic carbocycles.